The molecule has 0 saturated heterocycles. The summed E-state index contributed by atoms with van der Waals surface area (Å²) in [6, 6.07) is 5.14. The minimum atomic E-state index is -3.39. The number of unbranched alkanes of at least 4 members (excludes halogenated alkanes) is 1. The molecule has 1 amide bonds. The topological polar surface area (TPSA) is 75.7 Å². The Labute approximate surface area is 163 Å². The van der Waals surface area contributed by atoms with E-state index in [1.807, 2.05) is 20.8 Å². The zero-order chi connectivity index (χ0) is 20.2. The third-order valence-electron chi connectivity index (χ3n) is 4.63. The Morgan fingerprint density at radius 2 is 2.00 bits per heavy atom. The van der Waals surface area contributed by atoms with E-state index in [-0.39, 0.29) is 18.3 Å². The molecule has 6 nitrogen and oxygen atoms in total. The molecule has 1 aromatic rings. The molecule has 2 rings (SSSR count). The molecule has 0 unspecified atom stereocenters. The molecular weight excluding hydrogens is 364 g/mol. The first-order chi connectivity index (χ1) is 12.6. The van der Waals surface area contributed by atoms with E-state index in [9.17, 15) is 13.2 Å². The SMILES string of the molecule is CCCCS(=O)(=O)Nc1ccc2c(c1)OCC(C)(C)C(=O)N2CCC(C)C. The number of ether oxygens (including phenoxy) is 1. The van der Waals surface area contributed by atoms with Crippen molar-refractivity contribution in [3.63, 3.8) is 0 Å². The number of sulfonamides is 1. The Morgan fingerprint density at radius 3 is 2.63 bits per heavy atom. The lowest BCUT2D eigenvalue weighted by Gasteiger charge is -2.28. The molecule has 0 spiro atoms. The maximum absolute atomic E-state index is 13.0. The summed E-state index contributed by atoms with van der Waals surface area (Å²) in [6.07, 6.45) is 2.31. The van der Waals surface area contributed by atoms with E-state index in [1.165, 1.54) is 0 Å². The molecule has 27 heavy (non-hydrogen) atoms. The van der Waals surface area contributed by atoms with Crippen molar-refractivity contribution >= 4 is 27.3 Å². The number of fused-ring (bicyclic) bond motifs is 1. The monoisotopic (exact) mass is 396 g/mol. The maximum Gasteiger partial charge on any atom is 0.236 e. The van der Waals surface area contributed by atoms with Gasteiger partial charge in [0, 0.05) is 12.6 Å². The van der Waals surface area contributed by atoms with E-state index in [0.29, 0.717) is 36.0 Å². The Kier molecular flexibility index (Phi) is 6.78. The largest absolute Gasteiger partial charge is 0.490 e. The van der Waals surface area contributed by atoms with Crippen LogP contribution in [0.25, 0.3) is 0 Å². The first-order valence-corrected chi connectivity index (χ1v) is 11.3. The fraction of sp³-hybridized carbons (Fsp3) is 0.650. The van der Waals surface area contributed by atoms with Crippen LogP contribution in [0.2, 0.25) is 0 Å². The number of nitrogens with zero attached hydrogens (tertiary/aromatic N) is 1. The highest BCUT2D eigenvalue weighted by atomic mass is 32.2. The second kappa shape index (κ2) is 8.50. The molecule has 0 radical (unpaired) electrons. The highest BCUT2D eigenvalue weighted by Crippen LogP contribution is 2.38. The lowest BCUT2D eigenvalue weighted by Crippen LogP contribution is -2.42. The van der Waals surface area contributed by atoms with Gasteiger partial charge in [-0.3, -0.25) is 9.52 Å². The maximum atomic E-state index is 13.0. The van der Waals surface area contributed by atoms with Crippen molar-refractivity contribution in [1.29, 1.82) is 0 Å². The summed E-state index contributed by atoms with van der Waals surface area (Å²) in [4.78, 5) is 14.8. The second-order valence-corrected chi connectivity index (χ2v) is 10.1. The van der Waals surface area contributed by atoms with Crippen LogP contribution in [0.3, 0.4) is 0 Å². The van der Waals surface area contributed by atoms with Gasteiger partial charge in [-0.25, -0.2) is 8.42 Å². The van der Waals surface area contributed by atoms with Crippen molar-refractivity contribution in [2.75, 3.05) is 28.5 Å². The number of anilines is 2. The van der Waals surface area contributed by atoms with Crippen LogP contribution in [-0.4, -0.2) is 33.2 Å². The lowest BCUT2D eigenvalue weighted by molar-refractivity contribution is -0.127. The first-order valence-electron chi connectivity index (χ1n) is 9.65. The van der Waals surface area contributed by atoms with Crippen LogP contribution in [0.15, 0.2) is 18.2 Å². The van der Waals surface area contributed by atoms with Crippen molar-refractivity contribution in [3.8, 4) is 5.75 Å². The van der Waals surface area contributed by atoms with Gasteiger partial charge in [0.05, 0.1) is 22.5 Å². The zero-order valence-corrected chi connectivity index (χ0v) is 17.9. The Morgan fingerprint density at radius 1 is 1.30 bits per heavy atom. The predicted octanol–water partition coefficient (Wildman–Crippen LogP) is 4.03. The van der Waals surface area contributed by atoms with Crippen LogP contribution in [0.5, 0.6) is 5.75 Å². The van der Waals surface area contributed by atoms with Crippen LogP contribution in [0.4, 0.5) is 11.4 Å². The number of carbonyl (C=O) groups is 1. The number of benzene rings is 1. The van der Waals surface area contributed by atoms with Gasteiger partial charge in [-0.05, 0) is 44.7 Å². The molecular formula is C20H32N2O4S. The summed E-state index contributed by atoms with van der Waals surface area (Å²) in [5.41, 5.74) is 0.514. The van der Waals surface area contributed by atoms with Crippen LogP contribution >= 0.6 is 0 Å². The van der Waals surface area contributed by atoms with Crippen LogP contribution in [0, 0.1) is 11.3 Å². The molecule has 0 atom stereocenters. The van der Waals surface area contributed by atoms with Crippen LogP contribution in [-0.2, 0) is 14.8 Å². The molecule has 1 aliphatic rings. The van der Waals surface area contributed by atoms with E-state index < -0.39 is 15.4 Å². The minimum Gasteiger partial charge on any atom is -0.490 e. The van der Waals surface area contributed by atoms with Gasteiger partial charge in [0.2, 0.25) is 15.9 Å². The summed E-state index contributed by atoms with van der Waals surface area (Å²) >= 11 is 0. The number of amides is 1. The van der Waals surface area contributed by atoms with Gasteiger partial charge in [-0.2, -0.15) is 0 Å². The third-order valence-corrected chi connectivity index (χ3v) is 6.01. The van der Waals surface area contributed by atoms with E-state index in [1.54, 1.807) is 23.1 Å². The van der Waals surface area contributed by atoms with Gasteiger partial charge in [-0.1, -0.05) is 27.2 Å². The average Bonchev–Trinajstić information content (AvgIpc) is 2.67. The van der Waals surface area contributed by atoms with Gasteiger partial charge < -0.3 is 9.64 Å². The first kappa shape index (κ1) is 21.5. The quantitative estimate of drug-likeness (QED) is 0.720. The standard InChI is InChI=1S/C20H32N2O4S/c1-6-7-12-27(24,25)21-16-8-9-17-18(13-16)26-14-20(4,5)19(23)22(17)11-10-15(2)3/h8-9,13,15,21H,6-7,10-12,14H2,1-5H3. The highest BCUT2D eigenvalue weighted by molar-refractivity contribution is 7.92. The minimum absolute atomic E-state index is 0.0261. The molecule has 1 N–H and O–H groups in total. The number of hydrogen-bond acceptors (Lipinski definition) is 4. The van der Waals surface area contributed by atoms with Crippen LogP contribution in [0.1, 0.15) is 53.9 Å². The van der Waals surface area contributed by atoms with Crippen molar-refractivity contribution in [3.05, 3.63) is 18.2 Å². The summed E-state index contributed by atoms with van der Waals surface area (Å²) in [7, 11) is -3.39. The second-order valence-electron chi connectivity index (χ2n) is 8.27. The molecule has 7 heteroatoms. The summed E-state index contributed by atoms with van der Waals surface area (Å²) in [5.74, 6) is 1.12. The fourth-order valence-electron chi connectivity index (χ4n) is 2.89. The van der Waals surface area contributed by atoms with E-state index in [0.717, 1.165) is 12.8 Å². The van der Waals surface area contributed by atoms with Gasteiger partial charge in [0.25, 0.3) is 0 Å². The molecule has 1 heterocycles. The number of rotatable bonds is 8. The van der Waals surface area contributed by atoms with Crippen LogP contribution < -0.4 is 14.4 Å². The Balaban J connectivity index is 2.32. The predicted molar refractivity (Wildman–Crippen MR) is 110 cm³/mol. The molecule has 0 saturated carbocycles. The molecule has 0 bridgehead atoms. The Hall–Kier alpha value is -1.76. The molecule has 1 aromatic carbocycles. The van der Waals surface area contributed by atoms with E-state index in [2.05, 4.69) is 18.6 Å². The zero-order valence-electron chi connectivity index (χ0n) is 17.0. The fourth-order valence-corrected chi connectivity index (χ4v) is 4.14. The van der Waals surface area contributed by atoms with Crippen molar-refractivity contribution in [2.45, 2.75) is 53.9 Å². The van der Waals surface area contributed by atoms with Gasteiger partial charge in [0.15, 0.2) is 0 Å². The summed E-state index contributed by atoms with van der Waals surface area (Å²) in [5, 5.41) is 0. The number of carbonyl (C=O) groups excluding carboxylic acids is 1. The van der Waals surface area contributed by atoms with E-state index in [4.69, 9.17) is 4.74 Å². The lowest BCUT2D eigenvalue weighted by atomic mass is 9.92. The van der Waals surface area contributed by atoms with Crippen molar-refractivity contribution in [2.24, 2.45) is 11.3 Å². The van der Waals surface area contributed by atoms with Crippen molar-refractivity contribution < 1.29 is 17.9 Å². The van der Waals surface area contributed by atoms with Gasteiger partial charge >= 0.3 is 0 Å². The van der Waals surface area contributed by atoms with Gasteiger partial charge in [0.1, 0.15) is 12.4 Å². The van der Waals surface area contributed by atoms with Gasteiger partial charge in [-0.15, -0.1) is 0 Å². The Bertz CT molecular complexity index is 772. The molecule has 1 aliphatic heterocycles. The summed E-state index contributed by atoms with van der Waals surface area (Å²) < 4.78 is 32.9. The number of hydrogen-bond donors (Lipinski definition) is 1. The van der Waals surface area contributed by atoms with Crippen molar-refractivity contribution in [1.82, 2.24) is 0 Å². The highest BCUT2D eigenvalue weighted by Gasteiger charge is 2.37. The molecule has 0 aliphatic carbocycles. The third kappa shape index (κ3) is 5.61. The summed E-state index contributed by atoms with van der Waals surface area (Å²) in [6.45, 7) is 10.8. The average molecular weight is 397 g/mol. The van der Waals surface area contributed by atoms with E-state index >= 15 is 0 Å². The normalized spacial score (nSPS) is 16.7. The molecule has 0 aromatic heterocycles. The smallest absolute Gasteiger partial charge is 0.236 e. The number of nitrogens with one attached hydrogen (secondary N) is 1. The molecule has 0 fully saturated rings. The molecule has 152 valence electrons.